The Labute approximate surface area is 89.2 Å². The summed E-state index contributed by atoms with van der Waals surface area (Å²) in [6.07, 6.45) is 1.83. The van der Waals surface area contributed by atoms with Gasteiger partial charge in [-0.3, -0.25) is 0 Å². The van der Waals surface area contributed by atoms with Gasteiger partial charge >= 0.3 is 0 Å². The molecule has 5 nitrogen and oxygen atoms in total. The molecule has 0 spiro atoms. The van der Waals surface area contributed by atoms with Gasteiger partial charge in [-0.1, -0.05) is 0 Å². The predicted octanol–water partition coefficient (Wildman–Crippen LogP) is 0.747. The topological polar surface area (TPSA) is 64.5 Å². The van der Waals surface area contributed by atoms with Gasteiger partial charge in [0.1, 0.15) is 6.26 Å². The van der Waals surface area contributed by atoms with Gasteiger partial charge in [-0.15, -0.1) is 0 Å². The number of oxazole rings is 1. The summed E-state index contributed by atoms with van der Waals surface area (Å²) in [7, 11) is 0. The Hall–Kier alpha value is -1.07. The minimum atomic E-state index is 0.217. The van der Waals surface area contributed by atoms with Gasteiger partial charge in [0.15, 0.2) is 0 Å². The number of aromatic nitrogens is 1. The number of ether oxygens (including phenoxy) is 1. The van der Waals surface area contributed by atoms with Crippen molar-refractivity contribution in [1.29, 1.82) is 0 Å². The van der Waals surface area contributed by atoms with Crippen LogP contribution in [0, 0.1) is 0 Å². The average Bonchev–Trinajstić information content (AvgIpc) is 2.70. The van der Waals surface area contributed by atoms with Gasteiger partial charge in [0, 0.05) is 13.1 Å². The van der Waals surface area contributed by atoms with Crippen molar-refractivity contribution < 1.29 is 9.15 Å². The van der Waals surface area contributed by atoms with E-state index in [-0.39, 0.29) is 6.10 Å². The largest absolute Gasteiger partial charge is 0.432 e. The molecular weight excluding hydrogens is 194 g/mol. The lowest BCUT2D eigenvalue weighted by molar-refractivity contribution is 0.0322. The maximum absolute atomic E-state index is 5.54. The highest BCUT2D eigenvalue weighted by atomic mass is 16.5. The van der Waals surface area contributed by atoms with Gasteiger partial charge in [0.25, 0.3) is 6.01 Å². The molecule has 0 radical (unpaired) electrons. The standard InChI is InChI=1S/C10H17N3O2/c1-7-5-14-8(2)4-13(7)10-12-9(3-11)6-15-10/h6-8H,3-5,11H2,1-2H3. The lowest BCUT2D eigenvalue weighted by atomic mass is 10.2. The van der Waals surface area contributed by atoms with Crippen molar-refractivity contribution in [3.63, 3.8) is 0 Å². The highest BCUT2D eigenvalue weighted by Gasteiger charge is 2.26. The average molecular weight is 211 g/mol. The van der Waals surface area contributed by atoms with Crippen molar-refractivity contribution in [2.24, 2.45) is 5.73 Å². The number of nitrogens with two attached hydrogens (primary N) is 1. The van der Waals surface area contributed by atoms with E-state index in [1.165, 1.54) is 0 Å². The Morgan fingerprint density at radius 2 is 2.40 bits per heavy atom. The molecule has 1 aliphatic heterocycles. The maximum atomic E-state index is 5.54. The Kier molecular flexibility index (Phi) is 2.93. The van der Waals surface area contributed by atoms with E-state index >= 15 is 0 Å². The summed E-state index contributed by atoms with van der Waals surface area (Å²) in [5.74, 6) is 0. The van der Waals surface area contributed by atoms with Crippen molar-refractivity contribution in [3.05, 3.63) is 12.0 Å². The van der Waals surface area contributed by atoms with E-state index in [1.54, 1.807) is 6.26 Å². The molecule has 1 saturated heterocycles. The highest BCUT2D eigenvalue weighted by Crippen LogP contribution is 2.20. The fourth-order valence-electron chi connectivity index (χ4n) is 1.69. The number of anilines is 1. The fraction of sp³-hybridized carbons (Fsp3) is 0.700. The van der Waals surface area contributed by atoms with Crippen molar-refractivity contribution in [2.45, 2.75) is 32.5 Å². The first kappa shape index (κ1) is 10.4. The monoisotopic (exact) mass is 211 g/mol. The van der Waals surface area contributed by atoms with Crippen LogP contribution in [0.2, 0.25) is 0 Å². The van der Waals surface area contributed by atoms with E-state index in [9.17, 15) is 0 Å². The van der Waals surface area contributed by atoms with E-state index in [1.807, 2.05) is 6.92 Å². The Morgan fingerprint density at radius 3 is 3.07 bits per heavy atom. The normalized spacial score (nSPS) is 27.0. The van der Waals surface area contributed by atoms with E-state index in [4.69, 9.17) is 14.9 Å². The van der Waals surface area contributed by atoms with Gasteiger partial charge in [0.05, 0.1) is 24.4 Å². The molecule has 1 fully saturated rings. The van der Waals surface area contributed by atoms with Gasteiger partial charge in [-0.25, -0.2) is 0 Å². The summed E-state index contributed by atoms with van der Waals surface area (Å²) in [5.41, 5.74) is 6.28. The summed E-state index contributed by atoms with van der Waals surface area (Å²) < 4.78 is 10.9. The lowest BCUT2D eigenvalue weighted by Crippen LogP contribution is -2.47. The molecule has 1 aromatic rings. The number of morpholine rings is 1. The molecule has 2 N–H and O–H groups in total. The van der Waals surface area contributed by atoms with Crippen molar-refractivity contribution in [3.8, 4) is 0 Å². The van der Waals surface area contributed by atoms with Crippen LogP contribution >= 0.6 is 0 Å². The molecule has 5 heteroatoms. The second kappa shape index (κ2) is 4.20. The van der Waals surface area contributed by atoms with Crippen molar-refractivity contribution in [2.75, 3.05) is 18.1 Å². The van der Waals surface area contributed by atoms with Crippen LogP contribution in [0.25, 0.3) is 0 Å². The third-order valence-electron chi connectivity index (χ3n) is 2.60. The SMILES string of the molecule is CC1CN(c2nc(CN)co2)C(C)CO1. The van der Waals surface area contributed by atoms with E-state index < -0.39 is 0 Å². The van der Waals surface area contributed by atoms with Crippen LogP contribution in [-0.2, 0) is 11.3 Å². The first-order chi connectivity index (χ1) is 7.20. The Morgan fingerprint density at radius 1 is 1.60 bits per heavy atom. The fourth-order valence-corrected chi connectivity index (χ4v) is 1.69. The second-order valence-corrected chi connectivity index (χ2v) is 3.97. The van der Waals surface area contributed by atoms with E-state index in [0.717, 1.165) is 12.2 Å². The second-order valence-electron chi connectivity index (χ2n) is 3.97. The molecule has 0 aromatic carbocycles. The molecule has 2 unspecified atom stereocenters. The third kappa shape index (κ3) is 2.13. The molecule has 2 heterocycles. The van der Waals surface area contributed by atoms with Crippen LogP contribution in [0.4, 0.5) is 6.01 Å². The number of rotatable bonds is 2. The molecular formula is C10H17N3O2. The van der Waals surface area contributed by atoms with Crippen LogP contribution in [0.15, 0.2) is 10.7 Å². The molecule has 1 aromatic heterocycles. The predicted molar refractivity (Wildman–Crippen MR) is 56.6 cm³/mol. The number of hydrogen-bond acceptors (Lipinski definition) is 5. The van der Waals surface area contributed by atoms with Crippen LogP contribution in [-0.4, -0.2) is 30.3 Å². The quantitative estimate of drug-likeness (QED) is 0.782. The summed E-state index contributed by atoms with van der Waals surface area (Å²) in [6.45, 7) is 6.08. The third-order valence-corrected chi connectivity index (χ3v) is 2.60. The maximum Gasteiger partial charge on any atom is 0.297 e. The smallest absolute Gasteiger partial charge is 0.297 e. The van der Waals surface area contributed by atoms with Gasteiger partial charge in [-0.2, -0.15) is 4.98 Å². The molecule has 84 valence electrons. The summed E-state index contributed by atoms with van der Waals surface area (Å²) >= 11 is 0. The molecule has 0 amide bonds. The zero-order valence-corrected chi connectivity index (χ0v) is 9.14. The minimum Gasteiger partial charge on any atom is -0.432 e. The van der Waals surface area contributed by atoms with Gasteiger partial charge < -0.3 is 19.8 Å². The summed E-state index contributed by atoms with van der Waals surface area (Å²) in [4.78, 5) is 6.43. The molecule has 2 rings (SSSR count). The number of nitrogens with zero attached hydrogens (tertiary/aromatic N) is 2. The Bertz CT molecular complexity index is 326. The zero-order chi connectivity index (χ0) is 10.8. The van der Waals surface area contributed by atoms with Crippen LogP contribution in [0.3, 0.4) is 0 Å². The molecule has 0 aliphatic carbocycles. The first-order valence-corrected chi connectivity index (χ1v) is 5.23. The van der Waals surface area contributed by atoms with E-state index in [2.05, 4.69) is 16.8 Å². The van der Waals surface area contributed by atoms with Crippen molar-refractivity contribution >= 4 is 6.01 Å². The van der Waals surface area contributed by atoms with Crippen LogP contribution in [0.5, 0.6) is 0 Å². The molecule has 15 heavy (non-hydrogen) atoms. The molecule has 0 saturated carbocycles. The summed E-state index contributed by atoms with van der Waals surface area (Å²) in [5, 5.41) is 0. The van der Waals surface area contributed by atoms with Gasteiger partial charge in [0.2, 0.25) is 0 Å². The first-order valence-electron chi connectivity index (χ1n) is 5.23. The molecule has 2 atom stereocenters. The number of hydrogen-bond donors (Lipinski definition) is 1. The van der Waals surface area contributed by atoms with Crippen LogP contribution < -0.4 is 10.6 Å². The highest BCUT2D eigenvalue weighted by molar-refractivity contribution is 5.30. The van der Waals surface area contributed by atoms with E-state index in [0.29, 0.717) is 25.2 Å². The Balaban J connectivity index is 2.13. The molecule has 0 bridgehead atoms. The van der Waals surface area contributed by atoms with Gasteiger partial charge in [-0.05, 0) is 13.8 Å². The van der Waals surface area contributed by atoms with Crippen LogP contribution in [0.1, 0.15) is 19.5 Å². The lowest BCUT2D eigenvalue weighted by Gasteiger charge is -2.35. The molecule has 1 aliphatic rings. The minimum absolute atomic E-state index is 0.217. The summed E-state index contributed by atoms with van der Waals surface area (Å²) in [6, 6.07) is 0.948. The van der Waals surface area contributed by atoms with Crippen molar-refractivity contribution in [1.82, 2.24) is 4.98 Å². The zero-order valence-electron chi connectivity index (χ0n) is 9.14.